The van der Waals surface area contributed by atoms with Gasteiger partial charge in [0.1, 0.15) is 0 Å². The molecule has 0 saturated carbocycles. The fourth-order valence-electron chi connectivity index (χ4n) is 2.53. The van der Waals surface area contributed by atoms with Gasteiger partial charge in [-0.2, -0.15) is 5.10 Å². The highest BCUT2D eigenvalue weighted by Crippen LogP contribution is 2.23. The van der Waals surface area contributed by atoms with Gasteiger partial charge in [-0.1, -0.05) is 0 Å². The van der Waals surface area contributed by atoms with Gasteiger partial charge in [-0.25, -0.2) is 8.42 Å². The Morgan fingerprint density at radius 3 is 2.74 bits per heavy atom. The highest BCUT2D eigenvalue weighted by Gasteiger charge is 2.40. The maximum atomic E-state index is 12.1. The van der Waals surface area contributed by atoms with E-state index in [-0.39, 0.29) is 29.7 Å². The number of aryl methyl sites for hydroxylation is 1. The van der Waals surface area contributed by atoms with Crippen LogP contribution in [0, 0.1) is 0 Å². The van der Waals surface area contributed by atoms with E-state index in [1.807, 2.05) is 21.8 Å². The molecule has 1 N–H and O–H groups in total. The minimum absolute atomic E-state index is 0. The molecular weight excluding hydrogens is 429 g/mol. The second-order valence-corrected chi connectivity index (χ2v) is 8.84. The minimum Gasteiger partial charge on any atom is -0.356 e. The number of halogens is 1. The molecule has 7 nitrogen and oxygen atoms in total. The van der Waals surface area contributed by atoms with Crippen molar-refractivity contribution in [3.05, 3.63) is 18.5 Å². The van der Waals surface area contributed by atoms with Gasteiger partial charge in [-0.15, -0.1) is 24.0 Å². The smallest absolute Gasteiger partial charge is 0.193 e. The highest BCUT2D eigenvalue weighted by atomic mass is 127. The molecule has 23 heavy (non-hydrogen) atoms. The zero-order valence-electron chi connectivity index (χ0n) is 13.9. The van der Waals surface area contributed by atoms with Crippen LogP contribution in [0.3, 0.4) is 0 Å². The minimum atomic E-state index is -3.03. The number of aromatic nitrogens is 2. The van der Waals surface area contributed by atoms with E-state index in [4.69, 9.17) is 0 Å². The van der Waals surface area contributed by atoms with Gasteiger partial charge < -0.3 is 10.2 Å². The maximum Gasteiger partial charge on any atom is 0.193 e. The van der Waals surface area contributed by atoms with Gasteiger partial charge in [0.15, 0.2) is 15.8 Å². The van der Waals surface area contributed by atoms with Gasteiger partial charge in [0.05, 0.1) is 10.5 Å². The van der Waals surface area contributed by atoms with Crippen LogP contribution in [0.15, 0.2) is 23.5 Å². The van der Waals surface area contributed by atoms with Crippen LogP contribution >= 0.6 is 24.0 Å². The molecule has 1 aliphatic rings. The largest absolute Gasteiger partial charge is 0.356 e. The van der Waals surface area contributed by atoms with Gasteiger partial charge in [-0.05, 0) is 26.3 Å². The van der Waals surface area contributed by atoms with Crippen molar-refractivity contribution in [3.8, 4) is 0 Å². The molecule has 0 amide bonds. The molecule has 2 rings (SSSR count). The molecule has 0 unspecified atom stereocenters. The third-order valence-electron chi connectivity index (χ3n) is 3.96. The van der Waals surface area contributed by atoms with E-state index in [2.05, 4.69) is 15.4 Å². The van der Waals surface area contributed by atoms with Crippen molar-refractivity contribution in [2.75, 3.05) is 32.4 Å². The first kappa shape index (κ1) is 20.2. The van der Waals surface area contributed by atoms with Crippen molar-refractivity contribution in [1.29, 1.82) is 0 Å². The average Bonchev–Trinajstić information content (AvgIpc) is 2.95. The summed E-state index contributed by atoms with van der Waals surface area (Å²) in [5, 5.41) is 7.47. The lowest BCUT2D eigenvalue weighted by molar-refractivity contribution is 0.352. The quantitative estimate of drug-likeness (QED) is 0.317. The molecule has 2 heterocycles. The van der Waals surface area contributed by atoms with Crippen molar-refractivity contribution in [3.63, 3.8) is 0 Å². The molecule has 1 fully saturated rings. The summed E-state index contributed by atoms with van der Waals surface area (Å²) in [5.41, 5.74) is 0. The number of nitrogens with one attached hydrogen (secondary N) is 1. The topological polar surface area (TPSA) is 79.6 Å². The van der Waals surface area contributed by atoms with Crippen LogP contribution in [-0.4, -0.2) is 66.2 Å². The first-order valence-electron chi connectivity index (χ1n) is 7.51. The molecule has 0 aliphatic carbocycles. The molecule has 0 spiro atoms. The summed E-state index contributed by atoms with van der Waals surface area (Å²) < 4.78 is 25.3. The van der Waals surface area contributed by atoms with E-state index >= 15 is 0 Å². The lowest BCUT2D eigenvalue weighted by Crippen LogP contribution is -2.57. The van der Waals surface area contributed by atoms with Crippen LogP contribution in [0.5, 0.6) is 0 Å². The summed E-state index contributed by atoms with van der Waals surface area (Å²) in [7, 11) is -1.30. The summed E-state index contributed by atoms with van der Waals surface area (Å²) in [6.07, 6.45) is 4.63. The maximum absolute atomic E-state index is 12.1. The Morgan fingerprint density at radius 2 is 2.17 bits per heavy atom. The molecule has 1 aliphatic heterocycles. The number of rotatable bonds is 4. The molecule has 1 aromatic rings. The summed E-state index contributed by atoms with van der Waals surface area (Å²) >= 11 is 0. The number of sulfone groups is 1. The molecule has 0 bridgehead atoms. The molecule has 1 aromatic heterocycles. The summed E-state index contributed by atoms with van der Waals surface area (Å²) in [6, 6.07) is 1.91. The van der Waals surface area contributed by atoms with Crippen molar-refractivity contribution in [2.24, 2.45) is 4.99 Å². The number of hydrogen-bond acceptors (Lipinski definition) is 4. The second-order valence-electron chi connectivity index (χ2n) is 6.10. The number of nitrogens with zero attached hydrogens (tertiary/aromatic N) is 4. The summed E-state index contributed by atoms with van der Waals surface area (Å²) in [6.45, 7) is 6.13. The van der Waals surface area contributed by atoms with E-state index in [1.165, 1.54) is 0 Å². The zero-order chi connectivity index (χ0) is 16.2. The van der Waals surface area contributed by atoms with E-state index in [0.717, 1.165) is 25.5 Å². The normalized spacial score (nSPS) is 20.0. The van der Waals surface area contributed by atoms with Crippen molar-refractivity contribution in [1.82, 2.24) is 20.0 Å². The summed E-state index contributed by atoms with van der Waals surface area (Å²) in [4.78, 5) is 6.30. The summed E-state index contributed by atoms with van der Waals surface area (Å²) in [5.74, 6) is 0.942. The third kappa shape index (κ3) is 5.07. The fraction of sp³-hybridized carbons (Fsp3) is 0.714. The van der Waals surface area contributed by atoms with Crippen molar-refractivity contribution < 1.29 is 8.42 Å². The molecular formula is C14H26IN5O2S. The van der Waals surface area contributed by atoms with Crippen LogP contribution in [-0.2, 0) is 16.4 Å². The second kappa shape index (κ2) is 8.32. The zero-order valence-corrected chi connectivity index (χ0v) is 17.0. The van der Waals surface area contributed by atoms with E-state index in [1.54, 1.807) is 27.1 Å². The molecule has 0 radical (unpaired) electrons. The van der Waals surface area contributed by atoms with E-state index in [0.29, 0.717) is 13.1 Å². The Bertz CT molecular complexity index is 613. The monoisotopic (exact) mass is 455 g/mol. The number of guanidine groups is 1. The SMILES string of the molecule is CN=C(NCCCn1cccn1)N1CCS(=O)(=O)C(C)(C)C1.I. The fourth-order valence-corrected chi connectivity index (χ4v) is 3.90. The molecule has 9 heteroatoms. The lowest BCUT2D eigenvalue weighted by Gasteiger charge is -2.39. The highest BCUT2D eigenvalue weighted by molar-refractivity contribution is 14.0. The van der Waals surface area contributed by atoms with Crippen LogP contribution in [0.2, 0.25) is 0 Å². The third-order valence-corrected chi connectivity index (χ3v) is 6.49. The number of aliphatic imine (C=N–C) groups is 1. The van der Waals surface area contributed by atoms with Crippen LogP contribution in [0.25, 0.3) is 0 Å². The average molecular weight is 455 g/mol. The first-order chi connectivity index (χ1) is 10.4. The van der Waals surface area contributed by atoms with Crippen molar-refractivity contribution >= 4 is 39.8 Å². The lowest BCUT2D eigenvalue weighted by atomic mass is 10.2. The van der Waals surface area contributed by atoms with Crippen LogP contribution in [0.4, 0.5) is 0 Å². The van der Waals surface area contributed by atoms with Gasteiger partial charge in [0, 0.05) is 45.6 Å². The predicted octanol–water partition coefficient (Wildman–Crippen LogP) is 0.976. The van der Waals surface area contributed by atoms with Crippen molar-refractivity contribution in [2.45, 2.75) is 31.6 Å². The van der Waals surface area contributed by atoms with Gasteiger partial charge in [0.2, 0.25) is 0 Å². The molecule has 1 saturated heterocycles. The van der Waals surface area contributed by atoms with Gasteiger partial charge in [0.25, 0.3) is 0 Å². The Kier molecular flexibility index (Phi) is 7.30. The predicted molar refractivity (Wildman–Crippen MR) is 103 cm³/mol. The van der Waals surface area contributed by atoms with Crippen LogP contribution in [0.1, 0.15) is 20.3 Å². The van der Waals surface area contributed by atoms with Crippen LogP contribution < -0.4 is 5.32 Å². The Labute approximate surface area is 155 Å². The van der Waals surface area contributed by atoms with E-state index < -0.39 is 14.6 Å². The molecule has 132 valence electrons. The Hall–Kier alpha value is -0.840. The Morgan fingerprint density at radius 1 is 1.43 bits per heavy atom. The first-order valence-corrected chi connectivity index (χ1v) is 9.16. The molecule has 0 atom stereocenters. The van der Waals surface area contributed by atoms with Gasteiger partial charge >= 0.3 is 0 Å². The standard InChI is InChI=1S/C14H25N5O2S.HI/c1-14(2)12-18(10-11-22(14,20)21)13(15-3)16-6-4-8-19-9-5-7-17-19;/h5,7,9H,4,6,8,10-12H2,1-3H3,(H,15,16);1H. The number of hydrogen-bond donors (Lipinski definition) is 1. The Balaban J connectivity index is 0.00000264. The molecule has 0 aromatic carbocycles. The van der Waals surface area contributed by atoms with Gasteiger partial charge in [-0.3, -0.25) is 9.67 Å². The van der Waals surface area contributed by atoms with E-state index in [9.17, 15) is 8.42 Å².